The van der Waals surface area contributed by atoms with E-state index in [1.54, 1.807) is 0 Å². The molecule has 0 aromatic heterocycles. The van der Waals surface area contributed by atoms with Crippen LogP contribution in [-0.4, -0.2) is 22.2 Å². The Bertz CT molecular complexity index is 233. The second-order valence-corrected chi connectivity index (χ2v) is 4.46. The van der Waals surface area contributed by atoms with Gasteiger partial charge in [-0.05, 0) is 38.5 Å². The highest BCUT2D eigenvalue weighted by atomic mass is 16.4. The van der Waals surface area contributed by atoms with E-state index in [0.717, 1.165) is 51.4 Å². The molecule has 0 radical (unpaired) electrons. The van der Waals surface area contributed by atoms with Crippen LogP contribution in [0, 0.1) is 0 Å². The summed E-state index contributed by atoms with van der Waals surface area (Å²) >= 11 is 0. The van der Waals surface area contributed by atoms with E-state index in [0.29, 0.717) is 0 Å². The third-order valence-corrected chi connectivity index (χ3v) is 2.69. The predicted octanol–water partition coefficient (Wildman–Crippen LogP) is 3.61. The van der Waals surface area contributed by atoms with Gasteiger partial charge in [0.25, 0.3) is 0 Å². The second-order valence-electron chi connectivity index (χ2n) is 4.46. The Morgan fingerprint density at radius 2 is 1.06 bits per heavy atom. The lowest BCUT2D eigenvalue weighted by Crippen LogP contribution is -1.93. The summed E-state index contributed by atoms with van der Waals surface area (Å²) in [5.41, 5.74) is 0. The molecule has 0 heterocycles. The molecule has 0 aromatic carbocycles. The van der Waals surface area contributed by atoms with E-state index in [2.05, 4.69) is 12.2 Å². The quantitative estimate of drug-likeness (QED) is 0.413. The van der Waals surface area contributed by atoms with Crippen molar-refractivity contribution in [2.75, 3.05) is 0 Å². The first kappa shape index (κ1) is 16.7. The molecule has 0 aromatic rings. The Morgan fingerprint density at radius 1 is 0.667 bits per heavy atom. The molecule has 2 N–H and O–H groups in total. The van der Waals surface area contributed by atoms with Crippen molar-refractivity contribution in [2.24, 2.45) is 0 Å². The van der Waals surface area contributed by atoms with E-state index in [1.807, 2.05) is 0 Å². The lowest BCUT2D eigenvalue weighted by Gasteiger charge is -1.96. The highest BCUT2D eigenvalue weighted by molar-refractivity contribution is 5.66. The van der Waals surface area contributed by atoms with Crippen LogP contribution >= 0.6 is 0 Å². The van der Waals surface area contributed by atoms with Crippen LogP contribution in [0.15, 0.2) is 12.2 Å². The molecular weight excluding hydrogens is 232 g/mol. The number of hydrogen-bond donors (Lipinski definition) is 2. The molecule has 0 unspecified atom stereocenters. The highest BCUT2D eigenvalue weighted by Gasteiger charge is 1.96. The first-order valence-corrected chi connectivity index (χ1v) is 6.71. The van der Waals surface area contributed by atoms with Gasteiger partial charge in [-0.15, -0.1) is 0 Å². The van der Waals surface area contributed by atoms with Gasteiger partial charge in [0.05, 0.1) is 0 Å². The summed E-state index contributed by atoms with van der Waals surface area (Å²) in [5.74, 6) is -1.43. The van der Waals surface area contributed by atoms with Crippen molar-refractivity contribution in [1.29, 1.82) is 0 Å². The number of allylic oxidation sites excluding steroid dienone is 2. The summed E-state index contributed by atoms with van der Waals surface area (Å²) in [4.78, 5) is 20.5. The molecule has 4 nitrogen and oxygen atoms in total. The highest BCUT2D eigenvalue weighted by Crippen LogP contribution is 2.06. The number of carboxylic acids is 2. The van der Waals surface area contributed by atoms with Crippen LogP contribution in [0.1, 0.15) is 64.2 Å². The molecule has 0 rings (SSSR count). The fraction of sp³-hybridized carbons (Fsp3) is 0.714. The normalized spacial score (nSPS) is 10.9. The average molecular weight is 256 g/mol. The minimum atomic E-state index is -0.716. The zero-order valence-corrected chi connectivity index (χ0v) is 10.9. The van der Waals surface area contributed by atoms with Crippen molar-refractivity contribution in [3.05, 3.63) is 12.2 Å². The van der Waals surface area contributed by atoms with Crippen molar-refractivity contribution in [1.82, 2.24) is 0 Å². The van der Waals surface area contributed by atoms with E-state index in [4.69, 9.17) is 10.2 Å². The Morgan fingerprint density at radius 3 is 1.39 bits per heavy atom. The molecule has 0 spiro atoms. The molecule has 0 aliphatic heterocycles. The monoisotopic (exact) mass is 256 g/mol. The van der Waals surface area contributed by atoms with Crippen LogP contribution < -0.4 is 0 Å². The third kappa shape index (κ3) is 14.7. The molecule has 0 aliphatic rings. The molecule has 0 bridgehead atoms. The van der Waals surface area contributed by atoms with E-state index in [-0.39, 0.29) is 12.8 Å². The average Bonchev–Trinajstić information content (AvgIpc) is 2.29. The largest absolute Gasteiger partial charge is 0.481 e. The molecule has 104 valence electrons. The molecule has 0 saturated heterocycles. The van der Waals surface area contributed by atoms with Crippen molar-refractivity contribution >= 4 is 11.9 Å². The maximum absolute atomic E-state index is 10.3. The SMILES string of the molecule is O=C(O)CCCCCC=CCCCCCC(=O)O. The van der Waals surface area contributed by atoms with Gasteiger partial charge in [-0.2, -0.15) is 0 Å². The Balaban J connectivity index is 3.14. The third-order valence-electron chi connectivity index (χ3n) is 2.69. The van der Waals surface area contributed by atoms with E-state index < -0.39 is 11.9 Å². The van der Waals surface area contributed by atoms with Gasteiger partial charge in [0.15, 0.2) is 0 Å². The van der Waals surface area contributed by atoms with Gasteiger partial charge in [-0.25, -0.2) is 0 Å². The van der Waals surface area contributed by atoms with Crippen molar-refractivity contribution in [3.8, 4) is 0 Å². The summed E-state index contributed by atoms with van der Waals surface area (Å²) in [5, 5.41) is 16.9. The lowest BCUT2D eigenvalue weighted by atomic mass is 10.1. The van der Waals surface area contributed by atoms with E-state index >= 15 is 0 Å². The van der Waals surface area contributed by atoms with Crippen LogP contribution in [0.3, 0.4) is 0 Å². The van der Waals surface area contributed by atoms with Crippen LogP contribution in [0.5, 0.6) is 0 Å². The smallest absolute Gasteiger partial charge is 0.303 e. The maximum Gasteiger partial charge on any atom is 0.303 e. The van der Waals surface area contributed by atoms with Gasteiger partial charge in [0.2, 0.25) is 0 Å². The van der Waals surface area contributed by atoms with Crippen LogP contribution in [0.4, 0.5) is 0 Å². The first-order chi connectivity index (χ1) is 8.63. The van der Waals surface area contributed by atoms with Gasteiger partial charge in [0.1, 0.15) is 0 Å². The first-order valence-electron chi connectivity index (χ1n) is 6.71. The fourth-order valence-electron chi connectivity index (χ4n) is 1.67. The lowest BCUT2D eigenvalue weighted by molar-refractivity contribution is -0.138. The van der Waals surface area contributed by atoms with Crippen LogP contribution in [-0.2, 0) is 9.59 Å². The summed E-state index contributed by atoms with van der Waals surface area (Å²) < 4.78 is 0. The van der Waals surface area contributed by atoms with Crippen molar-refractivity contribution in [2.45, 2.75) is 64.2 Å². The molecule has 0 amide bonds. The van der Waals surface area contributed by atoms with Gasteiger partial charge in [0, 0.05) is 12.8 Å². The maximum atomic E-state index is 10.3. The van der Waals surface area contributed by atoms with Crippen LogP contribution in [0.25, 0.3) is 0 Å². The molecular formula is C14H24O4. The van der Waals surface area contributed by atoms with Crippen molar-refractivity contribution in [3.63, 3.8) is 0 Å². The van der Waals surface area contributed by atoms with Gasteiger partial charge < -0.3 is 10.2 Å². The standard InChI is InChI=1S/C14H24O4/c15-13(16)11-9-7-5-3-1-2-4-6-8-10-12-14(17)18/h1-2H,3-12H2,(H,15,16)(H,17,18). The Labute approximate surface area is 109 Å². The summed E-state index contributed by atoms with van der Waals surface area (Å²) in [6.07, 6.45) is 12.4. The molecule has 4 heteroatoms. The van der Waals surface area contributed by atoms with Gasteiger partial charge in [-0.3, -0.25) is 9.59 Å². The fourth-order valence-corrected chi connectivity index (χ4v) is 1.67. The molecule has 18 heavy (non-hydrogen) atoms. The summed E-state index contributed by atoms with van der Waals surface area (Å²) in [6, 6.07) is 0. The number of carbonyl (C=O) groups is 2. The second kappa shape index (κ2) is 12.1. The number of aliphatic carboxylic acids is 2. The van der Waals surface area contributed by atoms with Gasteiger partial charge in [-0.1, -0.05) is 25.0 Å². The number of rotatable bonds is 12. The number of hydrogen-bond acceptors (Lipinski definition) is 2. The van der Waals surface area contributed by atoms with Gasteiger partial charge >= 0.3 is 11.9 Å². The van der Waals surface area contributed by atoms with E-state index in [9.17, 15) is 9.59 Å². The zero-order valence-electron chi connectivity index (χ0n) is 10.9. The molecule has 0 atom stereocenters. The number of unbranched alkanes of at least 4 members (excludes halogenated alkanes) is 6. The molecule has 0 saturated carbocycles. The molecule has 0 fully saturated rings. The summed E-state index contributed by atoms with van der Waals surface area (Å²) in [6.45, 7) is 0. The summed E-state index contributed by atoms with van der Waals surface area (Å²) in [7, 11) is 0. The van der Waals surface area contributed by atoms with Crippen molar-refractivity contribution < 1.29 is 19.8 Å². The Kier molecular flexibility index (Phi) is 11.3. The minimum Gasteiger partial charge on any atom is -0.481 e. The topological polar surface area (TPSA) is 74.6 Å². The Hall–Kier alpha value is -1.32. The van der Waals surface area contributed by atoms with E-state index in [1.165, 1.54) is 0 Å². The number of carboxylic acid groups (broad SMARTS) is 2. The van der Waals surface area contributed by atoms with Crippen LogP contribution in [0.2, 0.25) is 0 Å². The minimum absolute atomic E-state index is 0.271. The predicted molar refractivity (Wildman–Crippen MR) is 70.6 cm³/mol. The zero-order chi connectivity index (χ0) is 13.6. The molecule has 0 aliphatic carbocycles.